The summed E-state index contributed by atoms with van der Waals surface area (Å²) in [6.45, 7) is 7.72. The van der Waals surface area contributed by atoms with Gasteiger partial charge in [0.25, 0.3) is 11.8 Å². The van der Waals surface area contributed by atoms with Crippen LogP contribution in [0.1, 0.15) is 57.8 Å². The number of aromatic nitrogens is 2. The smallest absolute Gasteiger partial charge is 0.272 e. The van der Waals surface area contributed by atoms with Crippen LogP contribution >= 0.6 is 0 Å². The van der Waals surface area contributed by atoms with Crippen LogP contribution in [0.25, 0.3) is 0 Å². The van der Waals surface area contributed by atoms with Crippen molar-refractivity contribution in [2.75, 3.05) is 39.3 Å². The highest BCUT2D eigenvalue weighted by molar-refractivity contribution is 5.98. The van der Waals surface area contributed by atoms with E-state index in [0.717, 1.165) is 31.6 Å². The standard InChI is InChI=1S/C25H34N6O3/c1-19-5-7-20(8-6-19)18-30-14-4-15-31-22(25(30)34)17-21(28-31)24(33)27-10-9-23(32)26-11-16-29-12-2-3-13-29/h5-8,17H,2-4,9-16,18H2,1H3,(H,26,32)(H,27,33). The average molecular weight is 467 g/mol. The summed E-state index contributed by atoms with van der Waals surface area (Å²) in [6, 6.07) is 9.70. The number of fused-ring (bicyclic) bond motifs is 1. The summed E-state index contributed by atoms with van der Waals surface area (Å²) in [4.78, 5) is 41.9. The molecule has 0 saturated carbocycles. The van der Waals surface area contributed by atoms with Gasteiger partial charge in [-0.05, 0) is 44.8 Å². The van der Waals surface area contributed by atoms with Crippen LogP contribution < -0.4 is 10.6 Å². The van der Waals surface area contributed by atoms with Gasteiger partial charge in [0.2, 0.25) is 5.91 Å². The van der Waals surface area contributed by atoms with Crippen molar-refractivity contribution in [1.29, 1.82) is 0 Å². The summed E-state index contributed by atoms with van der Waals surface area (Å²) in [6.07, 6.45) is 3.44. The summed E-state index contributed by atoms with van der Waals surface area (Å²) in [5.74, 6) is -0.577. The Morgan fingerprint density at radius 3 is 2.50 bits per heavy atom. The Labute approximate surface area is 200 Å². The van der Waals surface area contributed by atoms with E-state index >= 15 is 0 Å². The minimum Gasteiger partial charge on any atom is -0.355 e. The van der Waals surface area contributed by atoms with Gasteiger partial charge in [0.05, 0.1) is 0 Å². The fourth-order valence-electron chi connectivity index (χ4n) is 4.44. The number of nitrogens with one attached hydrogen (secondary N) is 2. The maximum absolute atomic E-state index is 13.1. The molecule has 9 heteroatoms. The van der Waals surface area contributed by atoms with E-state index in [1.54, 1.807) is 15.6 Å². The van der Waals surface area contributed by atoms with Crippen LogP contribution in [0.5, 0.6) is 0 Å². The molecule has 1 saturated heterocycles. The van der Waals surface area contributed by atoms with E-state index in [1.165, 1.54) is 18.4 Å². The third-order valence-electron chi connectivity index (χ3n) is 6.40. The molecule has 4 rings (SSSR count). The molecule has 182 valence electrons. The molecule has 1 aromatic heterocycles. The number of hydrogen-bond acceptors (Lipinski definition) is 5. The number of amides is 3. The molecule has 1 aromatic carbocycles. The van der Waals surface area contributed by atoms with Crippen molar-refractivity contribution < 1.29 is 14.4 Å². The lowest BCUT2D eigenvalue weighted by Gasteiger charge is -2.20. The molecule has 1 fully saturated rings. The predicted molar refractivity (Wildman–Crippen MR) is 128 cm³/mol. The Bertz CT molecular complexity index is 1010. The lowest BCUT2D eigenvalue weighted by atomic mass is 10.1. The number of carbonyl (C=O) groups is 3. The first-order valence-corrected chi connectivity index (χ1v) is 12.2. The first kappa shape index (κ1) is 23.9. The van der Waals surface area contributed by atoms with E-state index < -0.39 is 0 Å². The van der Waals surface area contributed by atoms with E-state index in [1.807, 2.05) is 31.2 Å². The lowest BCUT2D eigenvalue weighted by molar-refractivity contribution is -0.121. The van der Waals surface area contributed by atoms with E-state index in [9.17, 15) is 14.4 Å². The van der Waals surface area contributed by atoms with Crippen LogP contribution in [0.4, 0.5) is 0 Å². The minimum absolute atomic E-state index is 0.0814. The Balaban J connectivity index is 1.26. The summed E-state index contributed by atoms with van der Waals surface area (Å²) in [7, 11) is 0. The highest BCUT2D eigenvalue weighted by Crippen LogP contribution is 2.17. The second-order valence-corrected chi connectivity index (χ2v) is 9.11. The third kappa shape index (κ3) is 6.22. The number of likely N-dealkylation sites (tertiary alicyclic amines) is 1. The average Bonchev–Trinajstić information content (AvgIpc) is 3.47. The second kappa shape index (κ2) is 11.3. The van der Waals surface area contributed by atoms with Gasteiger partial charge in [-0.1, -0.05) is 29.8 Å². The fourth-order valence-corrected chi connectivity index (χ4v) is 4.44. The number of aryl methyl sites for hydroxylation is 2. The van der Waals surface area contributed by atoms with E-state index in [4.69, 9.17) is 0 Å². The number of nitrogens with zero attached hydrogens (tertiary/aromatic N) is 4. The molecule has 0 aliphatic carbocycles. The first-order valence-electron chi connectivity index (χ1n) is 12.2. The Kier molecular flexibility index (Phi) is 7.95. The largest absolute Gasteiger partial charge is 0.355 e. The summed E-state index contributed by atoms with van der Waals surface area (Å²) in [5.41, 5.74) is 2.88. The molecule has 9 nitrogen and oxygen atoms in total. The molecule has 0 radical (unpaired) electrons. The molecule has 2 aromatic rings. The van der Waals surface area contributed by atoms with Crippen molar-refractivity contribution in [3.8, 4) is 0 Å². The number of hydrogen-bond donors (Lipinski definition) is 2. The SMILES string of the molecule is Cc1ccc(CN2CCCn3nc(C(=O)NCCC(=O)NCCN4CCCC4)cc3C2=O)cc1. The van der Waals surface area contributed by atoms with Crippen LogP contribution in [0.2, 0.25) is 0 Å². The van der Waals surface area contributed by atoms with Crippen molar-refractivity contribution in [3.05, 3.63) is 52.8 Å². The van der Waals surface area contributed by atoms with Gasteiger partial charge in [-0.25, -0.2) is 0 Å². The quantitative estimate of drug-likeness (QED) is 0.585. The van der Waals surface area contributed by atoms with Gasteiger partial charge < -0.3 is 20.4 Å². The molecular formula is C25H34N6O3. The van der Waals surface area contributed by atoms with Crippen molar-refractivity contribution >= 4 is 17.7 Å². The second-order valence-electron chi connectivity index (χ2n) is 9.11. The molecule has 0 bridgehead atoms. The zero-order chi connectivity index (χ0) is 23.9. The van der Waals surface area contributed by atoms with Crippen molar-refractivity contribution in [3.63, 3.8) is 0 Å². The molecule has 3 amide bonds. The van der Waals surface area contributed by atoms with Crippen LogP contribution in [-0.4, -0.2) is 76.6 Å². The van der Waals surface area contributed by atoms with Crippen LogP contribution in [-0.2, 0) is 17.9 Å². The zero-order valence-electron chi connectivity index (χ0n) is 19.9. The molecule has 34 heavy (non-hydrogen) atoms. The molecular weight excluding hydrogens is 432 g/mol. The minimum atomic E-state index is -0.372. The zero-order valence-corrected chi connectivity index (χ0v) is 19.9. The van der Waals surface area contributed by atoms with Crippen molar-refractivity contribution in [2.24, 2.45) is 0 Å². The highest BCUT2D eigenvalue weighted by atomic mass is 16.2. The molecule has 0 unspecified atom stereocenters. The Hall–Kier alpha value is -3.20. The number of benzene rings is 1. The molecule has 0 spiro atoms. The van der Waals surface area contributed by atoms with Gasteiger partial charge in [0.1, 0.15) is 5.69 Å². The monoisotopic (exact) mass is 466 g/mol. The highest BCUT2D eigenvalue weighted by Gasteiger charge is 2.26. The van der Waals surface area contributed by atoms with E-state index in [2.05, 4.69) is 20.6 Å². The van der Waals surface area contributed by atoms with Crippen LogP contribution in [0.15, 0.2) is 30.3 Å². The third-order valence-corrected chi connectivity index (χ3v) is 6.40. The molecule has 2 N–H and O–H groups in total. The number of rotatable bonds is 9. The Morgan fingerprint density at radius 2 is 1.74 bits per heavy atom. The topological polar surface area (TPSA) is 99.6 Å². The maximum Gasteiger partial charge on any atom is 0.272 e. The van der Waals surface area contributed by atoms with Gasteiger partial charge in [0, 0.05) is 51.8 Å². The number of carbonyl (C=O) groups excluding carboxylic acids is 3. The lowest BCUT2D eigenvalue weighted by Crippen LogP contribution is -2.35. The molecule has 3 heterocycles. The van der Waals surface area contributed by atoms with Crippen molar-refractivity contribution in [2.45, 2.75) is 45.7 Å². The van der Waals surface area contributed by atoms with E-state index in [-0.39, 0.29) is 36.4 Å². The molecule has 0 atom stereocenters. The normalized spacial score (nSPS) is 16.3. The van der Waals surface area contributed by atoms with Crippen molar-refractivity contribution in [1.82, 2.24) is 30.2 Å². The predicted octanol–water partition coefficient (Wildman–Crippen LogP) is 1.57. The van der Waals surface area contributed by atoms with Gasteiger partial charge >= 0.3 is 0 Å². The molecule has 2 aliphatic heterocycles. The van der Waals surface area contributed by atoms with Crippen LogP contribution in [0, 0.1) is 6.92 Å². The van der Waals surface area contributed by atoms with Gasteiger partial charge in [-0.15, -0.1) is 0 Å². The van der Waals surface area contributed by atoms with Gasteiger partial charge in [0.15, 0.2) is 5.69 Å². The summed E-state index contributed by atoms with van der Waals surface area (Å²) < 4.78 is 1.62. The fraction of sp³-hybridized carbons (Fsp3) is 0.520. The maximum atomic E-state index is 13.1. The summed E-state index contributed by atoms with van der Waals surface area (Å²) >= 11 is 0. The molecule has 2 aliphatic rings. The first-order chi connectivity index (χ1) is 16.5. The van der Waals surface area contributed by atoms with E-state index in [0.29, 0.717) is 31.9 Å². The van der Waals surface area contributed by atoms with Gasteiger partial charge in [-0.2, -0.15) is 5.10 Å². The van der Waals surface area contributed by atoms with Crippen LogP contribution in [0.3, 0.4) is 0 Å². The summed E-state index contributed by atoms with van der Waals surface area (Å²) in [5, 5.41) is 10.0. The van der Waals surface area contributed by atoms with Gasteiger partial charge in [-0.3, -0.25) is 19.1 Å². The Morgan fingerprint density at radius 1 is 0.971 bits per heavy atom.